The number of hydrogen-bond donors (Lipinski definition) is 0. The molecule has 1 heterocycles. The third-order valence-electron chi connectivity index (χ3n) is 4.27. The van der Waals surface area contributed by atoms with Gasteiger partial charge in [0.2, 0.25) is 0 Å². The van der Waals surface area contributed by atoms with E-state index in [1.54, 1.807) is 0 Å². The number of fused-ring (bicyclic) bond motifs is 1. The molecule has 0 spiro atoms. The summed E-state index contributed by atoms with van der Waals surface area (Å²) in [6.45, 7) is 3.83. The first-order valence-corrected chi connectivity index (χ1v) is 7.95. The maximum atomic E-state index is 11.6. The lowest BCUT2D eigenvalue weighted by atomic mass is 10.0. The highest BCUT2D eigenvalue weighted by molar-refractivity contribution is 5.91. The third-order valence-corrected chi connectivity index (χ3v) is 4.27. The molecule has 0 fully saturated rings. The van der Waals surface area contributed by atoms with Crippen molar-refractivity contribution in [2.45, 2.75) is 12.8 Å². The molecule has 0 radical (unpaired) electrons. The summed E-state index contributed by atoms with van der Waals surface area (Å²) in [4.78, 5) is 11.6. The minimum Gasteiger partial charge on any atom is -0.466 e. The molecule has 0 unspecified atom stereocenters. The molecule has 3 nitrogen and oxygen atoms in total. The third kappa shape index (κ3) is 3.25. The number of hydrogen-bond acceptors (Lipinski definition) is 2. The Kier molecular flexibility index (Phi) is 4.52. The molecule has 0 aliphatic rings. The van der Waals surface area contributed by atoms with E-state index < -0.39 is 0 Å². The highest BCUT2D eigenvalue weighted by Crippen LogP contribution is 2.25. The van der Waals surface area contributed by atoms with E-state index in [1.165, 1.54) is 18.2 Å². The molecule has 122 valence electrons. The molecule has 0 aliphatic heterocycles. The maximum absolute atomic E-state index is 11.6. The largest absolute Gasteiger partial charge is 0.466 e. The Morgan fingerprint density at radius 1 is 1.12 bits per heavy atom. The molecular formula is C21H21NO2. The van der Waals surface area contributed by atoms with Gasteiger partial charge in [-0.1, -0.05) is 49.0 Å². The second-order valence-electron chi connectivity index (χ2n) is 6.05. The zero-order chi connectivity index (χ0) is 17.1. The van der Waals surface area contributed by atoms with Crippen molar-refractivity contribution in [3.63, 3.8) is 0 Å². The summed E-state index contributed by atoms with van der Waals surface area (Å²) in [7, 11) is 3.41. The maximum Gasteiger partial charge on any atom is 0.333 e. The van der Waals surface area contributed by atoms with Gasteiger partial charge in [-0.15, -0.1) is 0 Å². The molecule has 0 aliphatic carbocycles. The number of methoxy groups -OCH3 is 1. The Labute approximate surface area is 142 Å². The normalized spacial score (nSPS) is 10.8. The van der Waals surface area contributed by atoms with Gasteiger partial charge in [0.1, 0.15) is 0 Å². The van der Waals surface area contributed by atoms with Crippen molar-refractivity contribution in [3.05, 3.63) is 83.6 Å². The highest BCUT2D eigenvalue weighted by Gasteiger charge is 2.13. The van der Waals surface area contributed by atoms with E-state index in [1.807, 2.05) is 13.1 Å². The first kappa shape index (κ1) is 16.1. The number of aromatic nitrogens is 1. The molecule has 3 aromatic rings. The van der Waals surface area contributed by atoms with Gasteiger partial charge in [0, 0.05) is 36.1 Å². The van der Waals surface area contributed by atoms with Gasteiger partial charge in [-0.3, -0.25) is 0 Å². The lowest BCUT2D eigenvalue weighted by Gasteiger charge is -2.05. The first-order chi connectivity index (χ1) is 11.6. The van der Waals surface area contributed by atoms with Gasteiger partial charge in [-0.05, 0) is 29.2 Å². The first-order valence-electron chi connectivity index (χ1n) is 7.95. The number of benzene rings is 2. The fourth-order valence-electron chi connectivity index (χ4n) is 3.04. The van der Waals surface area contributed by atoms with Gasteiger partial charge in [0.05, 0.1) is 7.11 Å². The predicted octanol–water partition coefficient (Wildman–Crippen LogP) is 4.04. The number of carbonyl (C=O) groups is 1. The molecule has 0 N–H and O–H groups in total. The highest BCUT2D eigenvalue weighted by atomic mass is 16.5. The molecule has 3 heteroatoms. The Morgan fingerprint density at radius 2 is 1.88 bits per heavy atom. The standard InChI is InChI=1S/C21H21NO2/c1-15(21(23)24-3)11-18-14-22(2)20-13-17(9-10-19(18)20)12-16-7-5-4-6-8-16/h4-10,13-14H,1,11-12H2,2-3H3. The molecule has 0 atom stereocenters. The van der Waals surface area contributed by atoms with Crippen molar-refractivity contribution in [1.82, 2.24) is 4.57 Å². The Bertz CT molecular complexity index is 891. The minimum atomic E-state index is -0.354. The van der Waals surface area contributed by atoms with Gasteiger partial charge in [0.15, 0.2) is 0 Å². The number of nitrogens with zero attached hydrogens (tertiary/aromatic N) is 1. The van der Waals surface area contributed by atoms with E-state index >= 15 is 0 Å². The molecule has 0 amide bonds. The Morgan fingerprint density at radius 3 is 2.58 bits per heavy atom. The summed E-state index contributed by atoms with van der Waals surface area (Å²) >= 11 is 0. The van der Waals surface area contributed by atoms with Crippen LogP contribution in [0.2, 0.25) is 0 Å². The van der Waals surface area contributed by atoms with Crippen molar-refractivity contribution in [2.24, 2.45) is 7.05 Å². The van der Waals surface area contributed by atoms with E-state index in [9.17, 15) is 4.79 Å². The van der Waals surface area contributed by atoms with E-state index in [2.05, 4.69) is 59.8 Å². The van der Waals surface area contributed by atoms with Crippen LogP contribution in [0, 0.1) is 0 Å². The summed E-state index contributed by atoms with van der Waals surface area (Å²) in [6.07, 6.45) is 3.47. The summed E-state index contributed by atoms with van der Waals surface area (Å²) < 4.78 is 6.84. The van der Waals surface area contributed by atoms with Crippen molar-refractivity contribution in [2.75, 3.05) is 7.11 Å². The number of aryl methyl sites for hydroxylation is 1. The summed E-state index contributed by atoms with van der Waals surface area (Å²) in [5, 5.41) is 1.15. The van der Waals surface area contributed by atoms with Crippen LogP contribution in [0.5, 0.6) is 0 Å². The molecule has 0 bridgehead atoms. The average molecular weight is 319 g/mol. The van der Waals surface area contributed by atoms with Gasteiger partial charge >= 0.3 is 5.97 Å². The molecule has 0 saturated heterocycles. The fraction of sp³-hybridized carbons (Fsp3) is 0.190. The molecular weight excluding hydrogens is 298 g/mol. The van der Waals surface area contributed by atoms with Crippen molar-refractivity contribution in [1.29, 1.82) is 0 Å². The summed E-state index contributed by atoms with van der Waals surface area (Å²) in [5.74, 6) is -0.354. The van der Waals surface area contributed by atoms with Crippen molar-refractivity contribution in [3.8, 4) is 0 Å². The SMILES string of the molecule is C=C(Cc1cn(C)c2cc(Cc3ccccc3)ccc12)C(=O)OC. The fourth-order valence-corrected chi connectivity index (χ4v) is 3.04. The zero-order valence-corrected chi connectivity index (χ0v) is 14.1. The van der Waals surface area contributed by atoms with Crippen LogP contribution in [0.1, 0.15) is 16.7 Å². The molecule has 0 saturated carbocycles. The van der Waals surface area contributed by atoms with Gasteiger partial charge in [0.25, 0.3) is 0 Å². The van der Waals surface area contributed by atoms with Crippen LogP contribution >= 0.6 is 0 Å². The zero-order valence-electron chi connectivity index (χ0n) is 14.1. The molecule has 1 aromatic heterocycles. The monoisotopic (exact) mass is 319 g/mol. The molecule has 2 aromatic carbocycles. The van der Waals surface area contributed by atoms with E-state index in [4.69, 9.17) is 4.74 Å². The van der Waals surface area contributed by atoms with Crippen molar-refractivity contribution < 1.29 is 9.53 Å². The lowest BCUT2D eigenvalue weighted by Crippen LogP contribution is -2.05. The number of carbonyl (C=O) groups excluding carboxylic acids is 1. The number of ether oxygens (including phenoxy) is 1. The van der Waals surface area contributed by atoms with Gasteiger partial charge in [-0.25, -0.2) is 4.79 Å². The average Bonchev–Trinajstić information content (AvgIpc) is 2.90. The van der Waals surface area contributed by atoms with Crippen LogP contribution in [0.3, 0.4) is 0 Å². The topological polar surface area (TPSA) is 31.2 Å². The van der Waals surface area contributed by atoms with Crippen LogP contribution in [0.25, 0.3) is 10.9 Å². The summed E-state index contributed by atoms with van der Waals surface area (Å²) in [6, 6.07) is 16.9. The molecule has 24 heavy (non-hydrogen) atoms. The number of rotatable bonds is 5. The van der Waals surface area contributed by atoms with Crippen LogP contribution in [-0.2, 0) is 29.4 Å². The van der Waals surface area contributed by atoms with Crippen molar-refractivity contribution >= 4 is 16.9 Å². The van der Waals surface area contributed by atoms with E-state index in [0.29, 0.717) is 12.0 Å². The Balaban J connectivity index is 1.90. The quantitative estimate of drug-likeness (QED) is 0.525. The minimum absolute atomic E-state index is 0.354. The number of esters is 1. The van der Waals surface area contributed by atoms with Crippen LogP contribution < -0.4 is 0 Å². The smallest absolute Gasteiger partial charge is 0.333 e. The van der Waals surface area contributed by atoms with E-state index in [-0.39, 0.29) is 5.97 Å². The lowest BCUT2D eigenvalue weighted by molar-refractivity contribution is -0.136. The second kappa shape index (κ2) is 6.75. The predicted molar refractivity (Wildman–Crippen MR) is 97.0 cm³/mol. The van der Waals surface area contributed by atoms with Crippen LogP contribution in [0.4, 0.5) is 0 Å². The van der Waals surface area contributed by atoms with Crippen LogP contribution in [0.15, 0.2) is 66.9 Å². The van der Waals surface area contributed by atoms with E-state index in [0.717, 1.165) is 22.9 Å². The summed E-state index contributed by atoms with van der Waals surface area (Å²) in [5.41, 5.74) is 5.29. The van der Waals surface area contributed by atoms with Gasteiger partial charge < -0.3 is 9.30 Å². The van der Waals surface area contributed by atoms with Crippen LogP contribution in [-0.4, -0.2) is 17.6 Å². The Hall–Kier alpha value is -2.81. The van der Waals surface area contributed by atoms with Gasteiger partial charge in [-0.2, -0.15) is 0 Å². The second-order valence-corrected chi connectivity index (χ2v) is 6.05. The molecule has 3 rings (SSSR count).